The maximum atomic E-state index is 5.81. The van der Waals surface area contributed by atoms with E-state index >= 15 is 0 Å². The van der Waals surface area contributed by atoms with Crippen molar-refractivity contribution in [2.45, 2.75) is 6.61 Å². The van der Waals surface area contributed by atoms with Gasteiger partial charge in [0, 0.05) is 31.1 Å². The largest absolute Gasteiger partial charge is 0.384 e. The molecule has 0 bridgehead atoms. The Hall–Kier alpha value is -2.60. The number of nitrogens with two attached hydrogens (primary N) is 1. The first-order valence-corrected chi connectivity index (χ1v) is 6.10. The Morgan fingerprint density at radius 1 is 1.05 bits per heavy atom. The van der Waals surface area contributed by atoms with Crippen LogP contribution in [-0.2, 0) is 11.3 Å². The number of anilines is 1. The standard InChI is InChI=1S/C14H13N5O/c1-20-8-10-7-13(15)19-14(18-10)9-2-3-11-12(6-9)17-5-4-16-11/h2-7H,8H2,1H3,(H2,15,18,19). The van der Waals surface area contributed by atoms with Crippen LogP contribution in [0.15, 0.2) is 36.7 Å². The topological polar surface area (TPSA) is 86.8 Å². The van der Waals surface area contributed by atoms with E-state index < -0.39 is 0 Å². The van der Waals surface area contributed by atoms with Crippen molar-refractivity contribution in [2.24, 2.45) is 0 Å². The Kier molecular flexibility index (Phi) is 3.22. The summed E-state index contributed by atoms with van der Waals surface area (Å²) in [6.07, 6.45) is 3.32. The molecule has 2 aromatic heterocycles. The molecule has 6 heteroatoms. The minimum Gasteiger partial charge on any atom is -0.384 e. The fourth-order valence-electron chi connectivity index (χ4n) is 1.97. The van der Waals surface area contributed by atoms with Gasteiger partial charge in [-0.2, -0.15) is 0 Å². The van der Waals surface area contributed by atoms with E-state index in [1.165, 1.54) is 0 Å². The third kappa shape index (κ3) is 2.41. The Balaban J connectivity index is 2.10. The van der Waals surface area contributed by atoms with E-state index in [0.29, 0.717) is 18.2 Å². The fourth-order valence-corrected chi connectivity index (χ4v) is 1.97. The lowest BCUT2D eigenvalue weighted by molar-refractivity contribution is 0.181. The Bertz CT molecular complexity index is 759. The van der Waals surface area contributed by atoms with Crippen LogP contribution < -0.4 is 5.73 Å². The van der Waals surface area contributed by atoms with Gasteiger partial charge in [-0.05, 0) is 18.2 Å². The maximum Gasteiger partial charge on any atom is 0.161 e. The zero-order chi connectivity index (χ0) is 13.9. The number of hydrogen-bond donors (Lipinski definition) is 1. The van der Waals surface area contributed by atoms with Gasteiger partial charge < -0.3 is 10.5 Å². The number of rotatable bonds is 3. The van der Waals surface area contributed by atoms with Crippen LogP contribution in [0.4, 0.5) is 5.82 Å². The minimum absolute atomic E-state index is 0.396. The number of benzene rings is 1. The van der Waals surface area contributed by atoms with E-state index in [1.54, 1.807) is 25.6 Å². The minimum atomic E-state index is 0.396. The maximum absolute atomic E-state index is 5.81. The number of aromatic nitrogens is 4. The third-order valence-electron chi connectivity index (χ3n) is 2.82. The van der Waals surface area contributed by atoms with Gasteiger partial charge >= 0.3 is 0 Å². The molecule has 0 fully saturated rings. The predicted octanol–water partition coefficient (Wildman–Crippen LogP) is 1.82. The summed E-state index contributed by atoms with van der Waals surface area (Å²) in [5, 5.41) is 0. The second-order valence-electron chi connectivity index (χ2n) is 4.30. The molecule has 0 saturated heterocycles. The van der Waals surface area contributed by atoms with E-state index in [-0.39, 0.29) is 0 Å². The number of ether oxygens (including phenoxy) is 1. The summed E-state index contributed by atoms with van der Waals surface area (Å²) in [6, 6.07) is 7.39. The molecular weight excluding hydrogens is 254 g/mol. The highest BCUT2D eigenvalue weighted by molar-refractivity contribution is 5.79. The highest BCUT2D eigenvalue weighted by Gasteiger charge is 2.07. The van der Waals surface area contributed by atoms with Gasteiger partial charge in [-0.25, -0.2) is 9.97 Å². The van der Waals surface area contributed by atoms with Crippen LogP contribution in [0.25, 0.3) is 22.4 Å². The summed E-state index contributed by atoms with van der Waals surface area (Å²) < 4.78 is 5.08. The molecule has 0 unspecified atom stereocenters. The average molecular weight is 267 g/mol. The number of fused-ring (bicyclic) bond motifs is 1. The SMILES string of the molecule is COCc1cc(N)nc(-c2ccc3nccnc3c2)n1. The van der Waals surface area contributed by atoms with Gasteiger partial charge in [0.2, 0.25) is 0 Å². The molecule has 3 rings (SSSR count). The molecule has 3 aromatic rings. The van der Waals surface area contributed by atoms with Crippen LogP contribution in [-0.4, -0.2) is 27.0 Å². The first-order chi connectivity index (χ1) is 9.76. The predicted molar refractivity (Wildman–Crippen MR) is 75.7 cm³/mol. The summed E-state index contributed by atoms with van der Waals surface area (Å²) in [5.74, 6) is 0.978. The number of nitrogen functional groups attached to an aromatic ring is 1. The van der Waals surface area contributed by atoms with Crippen molar-refractivity contribution in [1.29, 1.82) is 0 Å². The summed E-state index contributed by atoms with van der Waals surface area (Å²) in [7, 11) is 1.61. The van der Waals surface area contributed by atoms with Gasteiger partial charge in [0.15, 0.2) is 5.82 Å². The van der Waals surface area contributed by atoms with Crippen molar-refractivity contribution in [2.75, 3.05) is 12.8 Å². The zero-order valence-corrected chi connectivity index (χ0v) is 10.9. The smallest absolute Gasteiger partial charge is 0.161 e. The van der Waals surface area contributed by atoms with E-state index in [4.69, 9.17) is 10.5 Å². The Morgan fingerprint density at radius 2 is 1.85 bits per heavy atom. The Morgan fingerprint density at radius 3 is 2.65 bits per heavy atom. The fraction of sp³-hybridized carbons (Fsp3) is 0.143. The molecule has 6 nitrogen and oxygen atoms in total. The zero-order valence-electron chi connectivity index (χ0n) is 10.9. The normalized spacial score (nSPS) is 10.8. The molecule has 2 N–H and O–H groups in total. The molecule has 0 aliphatic rings. The third-order valence-corrected chi connectivity index (χ3v) is 2.82. The summed E-state index contributed by atoms with van der Waals surface area (Å²) >= 11 is 0. The van der Waals surface area contributed by atoms with Crippen molar-refractivity contribution < 1.29 is 4.74 Å². The van der Waals surface area contributed by atoms with Crippen molar-refractivity contribution in [1.82, 2.24) is 19.9 Å². The molecule has 0 saturated carbocycles. The first kappa shape index (κ1) is 12.4. The van der Waals surface area contributed by atoms with Gasteiger partial charge in [-0.3, -0.25) is 9.97 Å². The molecule has 0 spiro atoms. The van der Waals surface area contributed by atoms with Gasteiger partial charge in [0.25, 0.3) is 0 Å². The molecule has 100 valence electrons. The van der Waals surface area contributed by atoms with Gasteiger partial charge in [-0.1, -0.05) is 0 Å². The van der Waals surface area contributed by atoms with Crippen LogP contribution in [0.5, 0.6) is 0 Å². The van der Waals surface area contributed by atoms with Gasteiger partial charge in [0.1, 0.15) is 5.82 Å². The second kappa shape index (κ2) is 5.18. The van der Waals surface area contributed by atoms with E-state index in [1.807, 2.05) is 18.2 Å². The number of nitrogens with zero attached hydrogens (tertiary/aromatic N) is 4. The van der Waals surface area contributed by atoms with Crippen molar-refractivity contribution in [3.8, 4) is 11.4 Å². The summed E-state index contributed by atoms with van der Waals surface area (Å²) in [5.41, 5.74) is 9.03. The Labute approximate surface area is 115 Å². The molecule has 0 radical (unpaired) electrons. The van der Waals surface area contributed by atoms with E-state index in [2.05, 4.69) is 19.9 Å². The summed E-state index contributed by atoms with van der Waals surface area (Å²) in [4.78, 5) is 17.2. The van der Waals surface area contributed by atoms with Gasteiger partial charge in [0.05, 0.1) is 23.3 Å². The van der Waals surface area contributed by atoms with E-state index in [9.17, 15) is 0 Å². The first-order valence-electron chi connectivity index (χ1n) is 6.10. The summed E-state index contributed by atoms with van der Waals surface area (Å²) in [6.45, 7) is 0.396. The molecule has 2 heterocycles. The highest BCUT2D eigenvalue weighted by Crippen LogP contribution is 2.20. The van der Waals surface area contributed by atoms with Crippen molar-refractivity contribution >= 4 is 16.9 Å². The van der Waals surface area contributed by atoms with Crippen molar-refractivity contribution in [3.63, 3.8) is 0 Å². The molecule has 0 atom stereocenters. The van der Waals surface area contributed by atoms with Crippen LogP contribution >= 0.6 is 0 Å². The molecule has 20 heavy (non-hydrogen) atoms. The highest BCUT2D eigenvalue weighted by atomic mass is 16.5. The second-order valence-corrected chi connectivity index (χ2v) is 4.30. The van der Waals surface area contributed by atoms with E-state index in [0.717, 1.165) is 22.3 Å². The molecule has 0 amide bonds. The monoisotopic (exact) mass is 267 g/mol. The van der Waals surface area contributed by atoms with Crippen LogP contribution in [0.3, 0.4) is 0 Å². The van der Waals surface area contributed by atoms with Crippen LogP contribution in [0.1, 0.15) is 5.69 Å². The molecule has 0 aliphatic heterocycles. The molecule has 0 aliphatic carbocycles. The lowest BCUT2D eigenvalue weighted by Gasteiger charge is -2.06. The van der Waals surface area contributed by atoms with Crippen LogP contribution in [0, 0.1) is 0 Å². The lowest BCUT2D eigenvalue weighted by Crippen LogP contribution is -2.01. The molecular formula is C14H13N5O. The van der Waals surface area contributed by atoms with Crippen molar-refractivity contribution in [3.05, 3.63) is 42.4 Å². The van der Waals surface area contributed by atoms with Crippen LogP contribution in [0.2, 0.25) is 0 Å². The molecule has 1 aromatic carbocycles. The average Bonchev–Trinajstić information content (AvgIpc) is 2.46. The van der Waals surface area contributed by atoms with Gasteiger partial charge in [-0.15, -0.1) is 0 Å². The lowest BCUT2D eigenvalue weighted by atomic mass is 10.1. The number of hydrogen-bond acceptors (Lipinski definition) is 6. The number of methoxy groups -OCH3 is 1. The quantitative estimate of drug-likeness (QED) is 0.778.